The van der Waals surface area contributed by atoms with Gasteiger partial charge < -0.3 is 9.47 Å². The van der Waals surface area contributed by atoms with Crippen LogP contribution in [0.15, 0.2) is 30.3 Å². The second-order valence-corrected chi connectivity index (χ2v) is 4.41. The molecule has 0 spiro atoms. The van der Waals surface area contributed by atoms with E-state index in [-0.39, 0.29) is 0 Å². The summed E-state index contributed by atoms with van der Waals surface area (Å²) in [5, 5.41) is 0.423. The number of benzene rings is 1. The lowest BCUT2D eigenvalue weighted by Crippen LogP contribution is -2.03. The largest absolute Gasteiger partial charge is 0.496 e. The van der Waals surface area contributed by atoms with Crippen molar-refractivity contribution in [2.45, 2.75) is 13.0 Å². The molecule has 0 fully saturated rings. The van der Waals surface area contributed by atoms with E-state index in [0.717, 1.165) is 17.0 Å². The van der Waals surface area contributed by atoms with Gasteiger partial charge in [-0.15, -0.1) is 0 Å². The van der Waals surface area contributed by atoms with Gasteiger partial charge in [0.25, 0.3) is 0 Å². The first-order valence-electron chi connectivity index (χ1n) is 5.86. The molecule has 0 radical (unpaired) electrons. The summed E-state index contributed by atoms with van der Waals surface area (Å²) < 4.78 is 10.4. The average Bonchev–Trinajstić information content (AvgIpc) is 2.39. The molecule has 0 aliphatic heterocycles. The molecule has 2 rings (SSSR count). The molecule has 19 heavy (non-hydrogen) atoms. The zero-order chi connectivity index (χ0) is 13.7. The summed E-state index contributed by atoms with van der Waals surface area (Å²) in [4.78, 5) is 8.65. The predicted molar refractivity (Wildman–Crippen MR) is 73.6 cm³/mol. The van der Waals surface area contributed by atoms with E-state index in [0.29, 0.717) is 24.0 Å². The van der Waals surface area contributed by atoms with Crippen molar-refractivity contribution in [3.8, 4) is 5.75 Å². The maximum Gasteiger partial charge on any atom is 0.134 e. The van der Waals surface area contributed by atoms with E-state index < -0.39 is 0 Å². The first kappa shape index (κ1) is 13.8. The minimum Gasteiger partial charge on any atom is -0.496 e. The fraction of sp³-hybridized carbons (Fsp3) is 0.286. The van der Waals surface area contributed by atoms with Crippen LogP contribution in [0.5, 0.6) is 5.75 Å². The molecule has 0 amide bonds. The number of methoxy groups -OCH3 is 2. The van der Waals surface area contributed by atoms with Gasteiger partial charge in [0.1, 0.15) is 16.7 Å². The fourth-order valence-electron chi connectivity index (χ4n) is 1.84. The van der Waals surface area contributed by atoms with Gasteiger partial charge in [0, 0.05) is 19.1 Å². The molecule has 5 heteroatoms. The van der Waals surface area contributed by atoms with Crippen LogP contribution < -0.4 is 4.74 Å². The van der Waals surface area contributed by atoms with E-state index >= 15 is 0 Å². The first-order chi connectivity index (χ1) is 9.22. The number of rotatable bonds is 5. The maximum absolute atomic E-state index is 5.99. The fourth-order valence-corrected chi connectivity index (χ4v) is 2.06. The summed E-state index contributed by atoms with van der Waals surface area (Å²) in [7, 11) is 3.27. The van der Waals surface area contributed by atoms with E-state index in [1.165, 1.54) is 0 Å². The highest BCUT2D eigenvalue weighted by molar-refractivity contribution is 6.29. The number of aromatic nitrogens is 2. The standard InChI is InChI=1S/C14H15ClN2O2/c1-18-9-11-8-13(15)17-14(16-11)7-10-5-3-4-6-12(10)19-2/h3-6,8H,7,9H2,1-2H3. The second kappa shape index (κ2) is 6.50. The molecule has 0 atom stereocenters. The van der Waals surface area contributed by atoms with Crippen LogP contribution in [-0.2, 0) is 17.8 Å². The smallest absolute Gasteiger partial charge is 0.134 e. The van der Waals surface area contributed by atoms with Crippen LogP contribution in [0.3, 0.4) is 0 Å². The molecule has 0 N–H and O–H groups in total. The van der Waals surface area contributed by atoms with E-state index in [2.05, 4.69) is 9.97 Å². The van der Waals surface area contributed by atoms with Crippen LogP contribution in [0.4, 0.5) is 0 Å². The third-order valence-electron chi connectivity index (χ3n) is 2.63. The third kappa shape index (κ3) is 3.66. The van der Waals surface area contributed by atoms with Crippen LogP contribution in [-0.4, -0.2) is 24.2 Å². The van der Waals surface area contributed by atoms with Crippen LogP contribution in [0, 0.1) is 0 Å². The maximum atomic E-state index is 5.99. The van der Waals surface area contributed by atoms with Gasteiger partial charge in [0.15, 0.2) is 0 Å². The minimum atomic E-state index is 0.418. The van der Waals surface area contributed by atoms with Gasteiger partial charge >= 0.3 is 0 Å². The van der Waals surface area contributed by atoms with Crippen LogP contribution in [0.25, 0.3) is 0 Å². The van der Waals surface area contributed by atoms with Gasteiger partial charge in [-0.25, -0.2) is 9.97 Å². The summed E-state index contributed by atoms with van der Waals surface area (Å²) in [5.74, 6) is 1.48. The normalized spacial score (nSPS) is 10.5. The minimum absolute atomic E-state index is 0.418. The SMILES string of the molecule is COCc1cc(Cl)nc(Cc2ccccc2OC)n1. The molecule has 2 aromatic rings. The number of hydrogen-bond acceptors (Lipinski definition) is 4. The quantitative estimate of drug-likeness (QED) is 0.789. The lowest BCUT2D eigenvalue weighted by atomic mass is 10.1. The number of hydrogen-bond donors (Lipinski definition) is 0. The average molecular weight is 279 g/mol. The Bertz CT molecular complexity index is 561. The summed E-state index contributed by atoms with van der Waals surface area (Å²) >= 11 is 5.99. The molecule has 100 valence electrons. The van der Waals surface area contributed by atoms with Crippen molar-refractivity contribution < 1.29 is 9.47 Å². The number of ether oxygens (including phenoxy) is 2. The van der Waals surface area contributed by atoms with E-state index in [9.17, 15) is 0 Å². The number of halogens is 1. The van der Waals surface area contributed by atoms with Crippen molar-refractivity contribution in [2.24, 2.45) is 0 Å². The van der Waals surface area contributed by atoms with Crippen molar-refractivity contribution in [1.29, 1.82) is 0 Å². The molecule has 1 aromatic carbocycles. The molecule has 0 aliphatic carbocycles. The van der Waals surface area contributed by atoms with Gasteiger partial charge in [-0.3, -0.25) is 0 Å². The van der Waals surface area contributed by atoms with Crippen molar-refractivity contribution in [3.63, 3.8) is 0 Å². The zero-order valence-electron chi connectivity index (χ0n) is 10.9. The Balaban J connectivity index is 2.27. The summed E-state index contributed by atoms with van der Waals surface area (Å²) in [5.41, 5.74) is 1.79. The van der Waals surface area contributed by atoms with Crippen molar-refractivity contribution in [3.05, 3.63) is 52.6 Å². The zero-order valence-corrected chi connectivity index (χ0v) is 11.6. The second-order valence-electron chi connectivity index (χ2n) is 4.02. The van der Waals surface area contributed by atoms with Crippen LogP contribution in [0.2, 0.25) is 5.15 Å². The Morgan fingerprint density at radius 2 is 1.95 bits per heavy atom. The Labute approximate surface area is 117 Å². The molecule has 0 aliphatic rings. The molecule has 0 unspecified atom stereocenters. The number of nitrogens with zero attached hydrogens (tertiary/aromatic N) is 2. The summed E-state index contributed by atoms with van der Waals surface area (Å²) in [6.45, 7) is 0.418. The van der Waals surface area contributed by atoms with Crippen LogP contribution >= 0.6 is 11.6 Å². The van der Waals surface area contributed by atoms with Crippen molar-refractivity contribution in [2.75, 3.05) is 14.2 Å². The topological polar surface area (TPSA) is 44.2 Å². The molecule has 1 aromatic heterocycles. The highest BCUT2D eigenvalue weighted by Gasteiger charge is 2.08. The van der Waals surface area contributed by atoms with Crippen LogP contribution in [0.1, 0.15) is 17.1 Å². The third-order valence-corrected chi connectivity index (χ3v) is 2.82. The molecule has 0 saturated carbocycles. The molecular weight excluding hydrogens is 264 g/mol. The Morgan fingerprint density at radius 1 is 1.16 bits per heavy atom. The molecular formula is C14H15ClN2O2. The molecule has 1 heterocycles. The highest BCUT2D eigenvalue weighted by Crippen LogP contribution is 2.20. The molecule has 0 bridgehead atoms. The van der Waals surface area contributed by atoms with Gasteiger partial charge in [0.05, 0.1) is 19.4 Å². The van der Waals surface area contributed by atoms with Crippen molar-refractivity contribution >= 4 is 11.6 Å². The summed E-state index contributed by atoms with van der Waals surface area (Å²) in [6.07, 6.45) is 0.571. The Hall–Kier alpha value is -1.65. The van der Waals surface area contributed by atoms with E-state index in [1.807, 2.05) is 24.3 Å². The highest BCUT2D eigenvalue weighted by atomic mass is 35.5. The lowest BCUT2D eigenvalue weighted by Gasteiger charge is -2.08. The van der Waals surface area contributed by atoms with Gasteiger partial charge in [-0.2, -0.15) is 0 Å². The summed E-state index contributed by atoms with van der Waals surface area (Å²) in [6, 6.07) is 9.49. The number of para-hydroxylation sites is 1. The predicted octanol–water partition coefficient (Wildman–Crippen LogP) is 2.88. The van der Waals surface area contributed by atoms with Crippen molar-refractivity contribution in [1.82, 2.24) is 9.97 Å². The van der Waals surface area contributed by atoms with E-state index in [4.69, 9.17) is 21.1 Å². The van der Waals surface area contributed by atoms with Gasteiger partial charge in [-0.05, 0) is 12.1 Å². The molecule has 4 nitrogen and oxygen atoms in total. The van der Waals surface area contributed by atoms with E-state index in [1.54, 1.807) is 20.3 Å². The van der Waals surface area contributed by atoms with Gasteiger partial charge in [-0.1, -0.05) is 29.8 Å². The lowest BCUT2D eigenvalue weighted by molar-refractivity contribution is 0.181. The monoisotopic (exact) mass is 278 g/mol. The Kier molecular flexibility index (Phi) is 4.71. The first-order valence-corrected chi connectivity index (χ1v) is 6.24. The van der Waals surface area contributed by atoms with Gasteiger partial charge in [0.2, 0.25) is 0 Å². The Morgan fingerprint density at radius 3 is 2.68 bits per heavy atom. The molecule has 0 saturated heterocycles.